The van der Waals surface area contributed by atoms with Crippen LogP contribution >= 0.6 is 0 Å². The van der Waals surface area contributed by atoms with Crippen molar-refractivity contribution in [3.8, 4) is 22.9 Å². The van der Waals surface area contributed by atoms with E-state index in [-0.39, 0.29) is 40.8 Å². The SMILES string of the molecule is O=C(O)CC(=O)N1C2CCC1CN(c1nc(OCC34CCCN3CCC4)nc3c(F)c(-c4cc(O)cc5ccccc45)ccc13)C2. The van der Waals surface area contributed by atoms with Crippen LogP contribution in [-0.4, -0.2) is 92.3 Å². The summed E-state index contributed by atoms with van der Waals surface area (Å²) in [7, 11) is 0. The number of carbonyl (C=O) groups is 2. The van der Waals surface area contributed by atoms with Crippen molar-refractivity contribution in [2.45, 2.75) is 62.6 Å². The summed E-state index contributed by atoms with van der Waals surface area (Å²) in [6, 6.07) is 14.1. The zero-order chi connectivity index (χ0) is 31.6. The number of hydrogen-bond acceptors (Lipinski definition) is 8. The van der Waals surface area contributed by atoms with Gasteiger partial charge in [0.05, 0.1) is 5.54 Å². The van der Waals surface area contributed by atoms with Crippen molar-refractivity contribution in [2.24, 2.45) is 0 Å². The van der Waals surface area contributed by atoms with Gasteiger partial charge in [0, 0.05) is 36.1 Å². The average molecular weight is 626 g/mol. The zero-order valence-electron chi connectivity index (χ0n) is 25.5. The van der Waals surface area contributed by atoms with E-state index < -0.39 is 18.2 Å². The van der Waals surface area contributed by atoms with Crippen LogP contribution in [0, 0.1) is 5.82 Å². The van der Waals surface area contributed by atoms with Crippen LogP contribution in [0.4, 0.5) is 10.2 Å². The van der Waals surface area contributed by atoms with Crippen LogP contribution in [0.15, 0.2) is 48.5 Å². The number of ether oxygens (including phenoxy) is 1. The molecule has 8 rings (SSSR count). The highest BCUT2D eigenvalue weighted by molar-refractivity contribution is 6.01. The zero-order valence-corrected chi connectivity index (χ0v) is 25.5. The number of piperazine rings is 1. The van der Waals surface area contributed by atoms with Crippen LogP contribution in [0.2, 0.25) is 0 Å². The summed E-state index contributed by atoms with van der Waals surface area (Å²) < 4.78 is 23.2. The van der Waals surface area contributed by atoms with Crippen LogP contribution < -0.4 is 9.64 Å². The molecule has 4 aromatic rings. The first-order valence-electron chi connectivity index (χ1n) is 16.2. The third kappa shape index (κ3) is 4.79. The smallest absolute Gasteiger partial charge is 0.319 e. The second kappa shape index (κ2) is 11.1. The third-order valence-electron chi connectivity index (χ3n) is 10.6. The summed E-state index contributed by atoms with van der Waals surface area (Å²) in [4.78, 5) is 40.0. The predicted octanol–water partition coefficient (Wildman–Crippen LogP) is 4.96. The maximum Gasteiger partial charge on any atom is 0.319 e. The topological polar surface area (TPSA) is 119 Å². The number of carbonyl (C=O) groups excluding carboxylic acids is 1. The summed E-state index contributed by atoms with van der Waals surface area (Å²) >= 11 is 0. The highest BCUT2D eigenvalue weighted by Crippen LogP contribution is 2.42. The molecule has 1 aromatic heterocycles. The molecule has 238 valence electrons. The number of phenols is 1. The normalized spacial score (nSPS) is 22.1. The Bertz CT molecular complexity index is 1860. The first-order valence-corrected chi connectivity index (χ1v) is 16.2. The lowest BCUT2D eigenvalue weighted by Gasteiger charge is -2.41. The second-order valence-electron chi connectivity index (χ2n) is 13.2. The Morgan fingerprint density at radius 3 is 2.43 bits per heavy atom. The van der Waals surface area contributed by atoms with Gasteiger partial charge in [0.15, 0.2) is 5.82 Å². The standard InChI is InChI=1S/C35H36FN5O5/c36-31-26(28-16-24(42)15-21-5-1-2-6-25(21)28)9-10-27-32(31)37-34(46-20-35-11-3-13-40(35)14-4-12-35)38-33(27)39-18-22-7-8-23(19-39)41(22)29(43)17-30(44)45/h1-2,5-6,9-10,15-16,22-23,42H,3-4,7-8,11-14,17-20H2,(H,44,45). The fraction of sp³-hybridized carbons (Fsp3) is 0.429. The molecule has 46 heavy (non-hydrogen) atoms. The summed E-state index contributed by atoms with van der Waals surface area (Å²) in [6.45, 7) is 3.43. The number of rotatable bonds is 7. The molecule has 2 atom stereocenters. The molecule has 0 saturated carbocycles. The number of halogens is 1. The van der Waals surface area contributed by atoms with Gasteiger partial charge < -0.3 is 24.7 Å². The maximum absolute atomic E-state index is 16.8. The number of phenolic OH excluding ortho intramolecular Hbond substituents is 1. The number of fused-ring (bicyclic) bond motifs is 5. The van der Waals surface area contributed by atoms with E-state index in [9.17, 15) is 19.8 Å². The monoisotopic (exact) mass is 625 g/mol. The second-order valence-corrected chi connectivity index (χ2v) is 13.2. The molecule has 0 aliphatic carbocycles. The molecule has 4 fully saturated rings. The lowest BCUT2D eigenvalue weighted by atomic mass is 9.95. The highest BCUT2D eigenvalue weighted by Gasteiger charge is 2.46. The third-order valence-corrected chi connectivity index (χ3v) is 10.6. The molecule has 0 spiro atoms. The Hall–Kier alpha value is -4.51. The molecular weight excluding hydrogens is 589 g/mol. The lowest BCUT2D eigenvalue weighted by Crippen LogP contribution is -2.56. The van der Waals surface area contributed by atoms with E-state index in [0.29, 0.717) is 42.0 Å². The maximum atomic E-state index is 16.8. The fourth-order valence-electron chi connectivity index (χ4n) is 8.52. The molecule has 2 unspecified atom stereocenters. The molecule has 11 heteroatoms. The number of carboxylic acid groups (broad SMARTS) is 1. The fourth-order valence-corrected chi connectivity index (χ4v) is 8.52. The molecule has 0 radical (unpaired) electrons. The van der Waals surface area contributed by atoms with Gasteiger partial charge >= 0.3 is 12.0 Å². The Morgan fingerprint density at radius 2 is 1.70 bits per heavy atom. The number of anilines is 1. The first-order chi connectivity index (χ1) is 22.3. The van der Waals surface area contributed by atoms with Crippen LogP contribution in [0.1, 0.15) is 44.9 Å². The number of carboxylic acids is 1. The van der Waals surface area contributed by atoms with Crippen LogP contribution in [0.3, 0.4) is 0 Å². The van der Waals surface area contributed by atoms with E-state index in [1.807, 2.05) is 30.3 Å². The van der Waals surface area contributed by atoms with Crippen molar-refractivity contribution < 1.29 is 28.9 Å². The highest BCUT2D eigenvalue weighted by atomic mass is 19.1. The van der Waals surface area contributed by atoms with Gasteiger partial charge in [0.25, 0.3) is 0 Å². The van der Waals surface area contributed by atoms with Gasteiger partial charge in [-0.2, -0.15) is 9.97 Å². The molecule has 10 nitrogen and oxygen atoms in total. The Balaban J connectivity index is 1.21. The van der Waals surface area contributed by atoms with Gasteiger partial charge in [-0.1, -0.05) is 30.3 Å². The van der Waals surface area contributed by atoms with Gasteiger partial charge in [-0.05, 0) is 86.1 Å². The number of hydrogen-bond donors (Lipinski definition) is 2. The Morgan fingerprint density at radius 1 is 0.957 bits per heavy atom. The van der Waals surface area contributed by atoms with Crippen LogP contribution in [0.5, 0.6) is 11.8 Å². The Kier molecular flexibility index (Phi) is 6.97. The molecule has 5 heterocycles. The van der Waals surface area contributed by atoms with E-state index in [1.54, 1.807) is 23.1 Å². The van der Waals surface area contributed by atoms with Crippen molar-refractivity contribution in [3.05, 3.63) is 54.3 Å². The van der Waals surface area contributed by atoms with Gasteiger partial charge in [-0.25, -0.2) is 4.39 Å². The van der Waals surface area contributed by atoms with Crippen molar-refractivity contribution in [2.75, 3.05) is 37.7 Å². The van der Waals surface area contributed by atoms with E-state index >= 15 is 4.39 Å². The van der Waals surface area contributed by atoms with Crippen LogP contribution in [0.25, 0.3) is 32.8 Å². The van der Waals surface area contributed by atoms with Gasteiger partial charge in [-0.15, -0.1) is 0 Å². The minimum absolute atomic E-state index is 0.0447. The summed E-state index contributed by atoms with van der Waals surface area (Å²) in [6.07, 6.45) is 5.34. The molecule has 4 aliphatic heterocycles. The minimum Gasteiger partial charge on any atom is -0.508 e. The summed E-state index contributed by atoms with van der Waals surface area (Å²) in [5, 5.41) is 21.9. The molecule has 2 bridgehead atoms. The number of aromatic hydroxyl groups is 1. The lowest BCUT2D eigenvalue weighted by molar-refractivity contribution is -0.145. The first kappa shape index (κ1) is 28.9. The number of benzene rings is 3. The van der Waals surface area contributed by atoms with Gasteiger partial charge in [0.1, 0.15) is 30.1 Å². The van der Waals surface area contributed by atoms with Crippen molar-refractivity contribution in [1.82, 2.24) is 19.8 Å². The molecular formula is C35H36FN5O5. The van der Waals surface area contributed by atoms with E-state index in [4.69, 9.17) is 9.72 Å². The summed E-state index contributed by atoms with van der Waals surface area (Å²) in [5.74, 6) is -1.45. The molecule has 3 aromatic carbocycles. The van der Waals surface area contributed by atoms with E-state index in [1.165, 1.54) is 0 Å². The Labute approximate surface area is 265 Å². The van der Waals surface area contributed by atoms with E-state index in [0.717, 1.165) is 62.4 Å². The number of aromatic nitrogens is 2. The summed E-state index contributed by atoms with van der Waals surface area (Å²) in [5.41, 5.74) is 0.964. The number of aliphatic carboxylic acids is 1. The quantitative estimate of drug-likeness (QED) is 0.275. The van der Waals surface area contributed by atoms with Crippen LogP contribution in [-0.2, 0) is 9.59 Å². The average Bonchev–Trinajstić information content (AvgIpc) is 3.70. The minimum atomic E-state index is -1.14. The molecule has 4 aliphatic rings. The van der Waals surface area contributed by atoms with Gasteiger partial charge in [-0.3, -0.25) is 14.5 Å². The number of amides is 1. The van der Waals surface area contributed by atoms with Gasteiger partial charge in [0.2, 0.25) is 5.91 Å². The largest absolute Gasteiger partial charge is 0.508 e. The molecule has 4 saturated heterocycles. The molecule has 1 amide bonds. The molecule has 2 N–H and O–H groups in total. The number of nitrogens with zero attached hydrogens (tertiary/aromatic N) is 5. The van der Waals surface area contributed by atoms with Crippen molar-refractivity contribution >= 4 is 39.4 Å². The van der Waals surface area contributed by atoms with Crippen molar-refractivity contribution in [3.63, 3.8) is 0 Å². The van der Waals surface area contributed by atoms with Crippen molar-refractivity contribution in [1.29, 1.82) is 0 Å². The van der Waals surface area contributed by atoms with E-state index in [2.05, 4.69) is 14.8 Å². The predicted molar refractivity (Wildman–Crippen MR) is 170 cm³/mol.